The molecule has 0 aromatic rings. The van der Waals surface area contributed by atoms with Crippen LogP contribution in [-0.2, 0) is 0 Å². The predicted molar refractivity (Wildman–Crippen MR) is 80.9 cm³/mol. The van der Waals surface area contributed by atoms with Crippen LogP contribution in [0.3, 0.4) is 0 Å². The number of aliphatic hydroxyl groups excluding tert-OH is 1. The van der Waals surface area contributed by atoms with E-state index in [2.05, 4.69) is 15.6 Å². The van der Waals surface area contributed by atoms with Gasteiger partial charge in [-0.15, -0.1) is 24.0 Å². The standard InChI is InChI=1S/C12H23N3O.HI/c16-11(10-5-2-1-3-6-10)9-15-12-13-7-4-8-14-12;/h10-11,16H,1-9H2,(H2,13,14,15);1H. The van der Waals surface area contributed by atoms with Crippen molar-refractivity contribution in [3.8, 4) is 0 Å². The molecule has 17 heavy (non-hydrogen) atoms. The van der Waals surface area contributed by atoms with Gasteiger partial charge in [-0.3, -0.25) is 4.99 Å². The zero-order chi connectivity index (χ0) is 11.2. The van der Waals surface area contributed by atoms with Gasteiger partial charge in [0, 0.05) is 19.6 Å². The Kier molecular flexibility index (Phi) is 7.18. The van der Waals surface area contributed by atoms with Crippen LogP contribution in [0.5, 0.6) is 0 Å². The molecule has 1 unspecified atom stereocenters. The average molecular weight is 353 g/mol. The first-order chi connectivity index (χ1) is 7.86. The van der Waals surface area contributed by atoms with Gasteiger partial charge in [-0.1, -0.05) is 19.3 Å². The second-order valence-electron chi connectivity index (χ2n) is 4.86. The number of hydrogen-bond donors (Lipinski definition) is 3. The van der Waals surface area contributed by atoms with Gasteiger partial charge in [0.1, 0.15) is 0 Å². The Morgan fingerprint density at radius 2 is 2.06 bits per heavy atom. The lowest BCUT2D eigenvalue weighted by atomic mass is 9.85. The van der Waals surface area contributed by atoms with Crippen LogP contribution in [-0.4, -0.2) is 36.8 Å². The molecule has 5 heteroatoms. The Morgan fingerprint density at radius 3 is 2.71 bits per heavy atom. The summed E-state index contributed by atoms with van der Waals surface area (Å²) in [6.07, 6.45) is 7.15. The molecular formula is C12H24IN3O. The first-order valence-corrected chi connectivity index (χ1v) is 6.56. The van der Waals surface area contributed by atoms with Crippen molar-refractivity contribution >= 4 is 29.9 Å². The summed E-state index contributed by atoms with van der Waals surface area (Å²) in [5, 5.41) is 16.5. The number of rotatable bonds is 3. The van der Waals surface area contributed by atoms with Crippen LogP contribution >= 0.6 is 24.0 Å². The predicted octanol–water partition coefficient (Wildman–Crippen LogP) is 1.48. The van der Waals surface area contributed by atoms with Crippen molar-refractivity contribution < 1.29 is 5.11 Å². The van der Waals surface area contributed by atoms with Crippen LogP contribution in [0.4, 0.5) is 0 Å². The van der Waals surface area contributed by atoms with E-state index in [0.29, 0.717) is 12.5 Å². The van der Waals surface area contributed by atoms with Crippen LogP contribution < -0.4 is 10.6 Å². The van der Waals surface area contributed by atoms with E-state index in [9.17, 15) is 5.11 Å². The maximum Gasteiger partial charge on any atom is 0.191 e. The van der Waals surface area contributed by atoms with Gasteiger partial charge in [-0.2, -0.15) is 0 Å². The van der Waals surface area contributed by atoms with Gasteiger partial charge < -0.3 is 15.7 Å². The molecule has 0 amide bonds. The van der Waals surface area contributed by atoms with Crippen LogP contribution in [0.25, 0.3) is 0 Å². The zero-order valence-electron chi connectivity index (χ0n) is 10.3. The minimum Gasteiger partial charge on any atom is -0.391 e. The lowest BCUT2D eigenvalue weighted by Gasteiger charge is -2.27. The summed E-state index contributed by atoms with van der Waals surface area (Å²) in [5.41, 5.74) is 0. The number of nitrogens with one attached hydrogen (secondary N) is 2. The van der Waals surface area contributed by atoms with Crippen molar-refractivity contribution in [2.75, 3.05) is 19.6 Å². The Morgan fingerprint density at radius 1 is 1.29 bits per heavy atom. The van der Waals surface area contributed by atoms with Crippen molar-refractivity contribution in [3.63, 3.8) is 0 Å². The summed E-state index contributed by atoms with van der Waals surface area (Å²) in [7, 11) is 0. The highest BCUT2D eigenvalue weighted by Gasteiger charge is 2.21. The average Bonchev–Trinajstić information content (AvgIpc) is 2.38. The molecule has 1 aliphatic carbocycles. The Labute approximate surface area is 121 Å². The first-order valence-electron chi connectivity index (χ1n) is 6.56. The van der Waals surface area contributed by atoms with Crippen LogP contribution in [0, 0.1) is 5.92 Å². The SMILES string of the molecule is I.OC(CNC1=NCCCN1)C1CCCCC1. The quantitative estimate of drug-likeness (QED) is 0.674. The summed E-state index contributed by atoms with van der Waals surface area (Å²) in [6.45, 7) is 2.52. The molecule has 2 aliphatic rings. The number of aliphatic imine (C=N–C) groups is 1. The van der Waals surface area contributed by atoms with Gasteiger partial charge in [-0.05, 0) is 25.2 Å². The van der Waals surface area contributed by atoms with Gasteiger partial charge in [-0.25, -0.2) is 0 Å². The first kappa shape index (κ1) is 15.0. The molecule has 0 spiro atoms. The van der Waals surface area contributed by atoms with Crippen molar-refractivity contribution in [1.29, 1.82) is 0 Å². The lowest BCUT2D eigenvalue weighted by Crippen LogP contribution is -2.45. The molecule has 0 bridgehead atoms. The molecule has 0 aromatic heterocycles. The lowest BCUT2D eigenvalue weighted by molar-refractivity contribution is 0.0879. The Hall–Kier alpha value is -0.0400. The fraction of sp³-hybridized carbons (Fsp3) is 0.917. The van der Waals surface area contributed by atoms with Gasteiger partial charge in [0.05, 0.1) is 6.10 Å². The van der Waals surface area contributed by atoms with Gasteiger partial charge >= 0.3 is 0 Å². The number of guanidine groups is 1. The maximum absolute atomic E-state index is 10.1. The summed E-state index contributed by atoms with van der Waals surface area (Å²) in [4.78, 5) is 4.33. The largest absolute Gasteiger partial charge is 0.391 e. The maximum atomic E-state index is 10.1. The van der Waals surface area contributed by atoms with Crippen molar-refractivity contribution in [2.24, 2.45) is 10.9 Å². The molecule has 1 saturated carbocycles. The van der Waals surface area contributed by atoms with Crippen molar-refractivity contribution in [1.82, 2.24) is 10.6 Å². The smallest absolute Gasteiger partial charge is 0.191 e. The molecule has 1 heterocycles. The Balaban J connectivity index is 0.00000144. The molecule has 100 valence electrons. The molecule has 1 aliphatic heterocycles. The van der Waals surface area contributed by atoms with E-state index in [4.69, 9.17) is 0 Å². The highest BCUT2D eigenvalue weighted by atomic mass is 127. The third-order valence-corrected chi connectivity index (χ3v) is 3.57. The summed E-state index contributed by atoms with van der Waals surface area (Å²) in [6, 6.07) is 0. The molecule has 3 N–H and O–H groups in total. The fourth-order valence-electron chi connectivity index (χ4n) is 2.54. The molecule has 1 atom stereocenters. The third kappa shape index (κ3) is 4.99. The zero-order valence-corrected chi connectivity index (χ0v) is 12.7. The number of nitrogens with zero attached hydrogens (tertiary/aromatic N) is 1. The molecule has 0 aromatic carbocycles. The Bertz CT molecular complexity index is 242. The van der Waals surface area contributed by atoms with E-state index in [1.54, 1.807) is 0 Å². The van der Waals surface area contributed by atoms with E-state index in [1.165, 1.54) is 32.1 Å². The van der Waals surface area contributed by atoms with E-state index >= 15 is 0 Å². The van der Waals surface area contributed by atoms with Gasteiger partial charge in [0.25, 0.3) is 0 Å². The molecule has 1 fully saturated rings. The van der Waals surface area contributed by atoms with E-state index in [0.717, 1.165) is 25.5 Å². The van der Waals surface area contributed by atoms with Gasteiger partial charge in [0.15, 0.2) is 5.96 Å². The van der Waals surface area contributed by atoms with Crippen LogP contribution in [0.15, 0.2) is 4.99 Å². The van der Waals surface area contributed by atoms with E-state index < -0.39 is 0 Å². The summed E-state index contributed by atoms with van der Waals surface area (Å²) >= 11 is 0. The summed E-state index contributed by atoms with van der Waals surface area (Å²) < 4.78 is 0. The second kappa shape index (κ2) is 8.13. The van der Waals surface area contributed by atoms with Crippen molar-refractivity contribution in [2.45, 2.75) is 44.6 Å². The molecular weight excluding hydrogens is 329 g/mol. The minimum atomic E-state index is -0.216. The van der Waals surface area contributed by atoms with Crippen LogP contribution in [0.1, 0.15) is 38.5 Å². The number of halogens is 1. The number of hydrogen-bond acceptors (Lipinski definition) is 4. The fourth-order valence-corrected chi connectivity index (χ4v) is 2.54. The van der Waals surface area contributed by atoms with Gasteiger partial charge in [0.2, 0.25) is 0 Å². The second-order valence-corrected chi connectivity index (χ2v) is 4.86. The van der Waals surface area contributed by atoms with E-state index in [-0.39, 0.29) is 30.1 Å². The normalized spacial score (nSPS) is 23.0. The van der Waals surface area contributed by atoms with E-state index in [1.807, 2.05) is 0 Å². The highest BCUT2D eigenvalue weighted by Crippen LogP contribution is 2.26. The van der Waals surface area contributed by atoms with Crippen molar-refractivity contribution in [3.05, 3.63) is 0 Å². The topological polar surface area (TPSA) is 56.6 Å². The minimum absolute atomic E-state index is 0. The summed E-state index contributed by atoms with van der Waals surface area (Å²) in [5.74, 6) is 1.35. The van der Waals surface area contributed by atoms with Crippen LogP contribution in [0.2, 0.25) is 0 Å². The molecule has 4 nitrogen and oxygen atoms in total. The molecule has 2 rings (SSSR count). The number of aliphatic hydroxyl groups is 1. The molecule has 0 saturated heterocycles. The molecule has 0 radical (unpaired) electrons. The highest BCUT2D eigenvalue weighted by molar-refractivity contribution is 14.0. The monoisotopic (exact) mass is 353 g/mol. The third-order valence-electron chi connectivity index (χ3n) is 3.57.